The number of carbonyl (C=O) groups excluding carboxylic acids is 3. The standard InChI is InChI=1S/C21H16N2O4/c1-13-6-5-7-14(12-13)17-10-11-18(22(17)2)21(26)27-23-19(24)15-8-3-4-9-16(15)20(23)25/h3-12H,1-2H3. The van der Waals surface area contributed by atoms with Gasteiger partial charge in [-0.3, -0.25) is 9.59 Å². The predicted molar refractivity (Wildman–Crippen MR) is 97.9 cm³/mol. The topological polar surface area (TPSA) is 68.6 Å². The van der Waals surface area contributed by atoms with E-state index < -0.39 is 17.8 Å². The van der Waals surface area contributed by atoms with E-state index in [1.165, 1.54) is 12.1 Å². The van der Waals surface area contributed by atoms with Crippen molar-refractivity contribution in [1.29, 1.82) is 0 Å². The smallest absolute Gasteiger partial charge is 0.338 e. The normalized spacial score (nSPS) is 13.0. The summed E-state index contributed by atoms with van der Waals surface area (Å²) in [5.41, 5.74) is 3.57. The van der Waals surface area contributed by atoms with Gasteiger partial charge in [0.15, 0.2) is 0 Å². The maximum atomic E-state index is 12.6. The number of hydrogen-bond donors (Lipinski definition) is 0. The molecule has 0 aliphatic carbocycles. The van der Waals surface area contributed by atoms with Gasteiger partial charge in [-0.15, -0.1) is 0 Å². The molecule has 0 radical (unpaired) electrons. The van der Waals surface area contributed by atoms with Gasteiger partial charge in [0.05, 0.1) is 11.1 Å². The van der Waals surface area contributed by atoms with Crippen molar-refractivity contribution in [3.8, 4) is 11.3 Å². The first-order chi connectivity index (χ1) is 13.0. The number of nitrogens with zero attached hydrogens (tertiary/aromatic N) is 2. The summed E-state index contributed by atoms with van der Waals surface area (Å²) < 4.78 is 1.68. The van der Waals surface area contributed by atoms with Gasteiger partial charge in [-0.1, -0.05) is 41.0 Å². The number of aryl methyl sites for hydroxylation is 1. The first-order valence-electron chi connectivity index (χ1n) is 8.40. The zero-order valence-corrected chi connectivity index (χ0v) is 14.8. The highest BCUT2D eigenvalue weighted by atomic mass is 16.7. The van der Waals surface area contributed by atoms with Gasteiger partial charge in [-0.05, 0) is 42.8 Å². The maximum Gasteiger partial charge on any atom is 0.380 e. The summed E-state index contributed by atoms with van der Waals surface area (Å²) in [6, 6.07) is 17.7. The third-order valence-electron chi connectivity index (χ3n) is 4.58. The van der Waals surface area contributed by atoms with Crippen LogP contribution in [0.25, 0.3) is 11.3 Å². The molecule has 0 unspecified atom stereocenters. The summed E-state index contributed by atoms with van der Waals surface area (Å²) in [7, 11) is 1.73. The second-order valence-corrected chi connectivity index (χ2v) is 6.36. The monoisotopic (exact) mass is 360 g/mol. The van der Waals surface area contributed by atoms with E-state index in [0.29, 0.717) is 5.06 Å². The second kappa shape index (κ2) is 6.25. The number of imide groups is 1. The van der Waals surface area contributed by atoms with E-state index in [1.807, 2.05) is 31.2 Å². The SMILES string of the molecule is Cc1cccc(-c2ccc(C(=O)ON3C(=O)c4ccccc4C3=O)n2C)c1. The molecule has 0 N–H and O–H groups in total. The average Bonchev–Trinajstić information content (AvgIpc) is 3.16. The van der Waals surface area contributed by atoms with E-state index in [4.69, 9.17) is 4.84 Å². The lowest BCUT2D eigenvalue weighted by molar-refractivity contribution is -0.0590. The first kappa shape index (κ1) is 16.8. The van der Waals surface area contributed by atoms with Crippen LogP contribution in [0.3, 0.4) is 0 Å². The van der Waals surface area contributed by atoms with E-state index in [2.05, 4.69) is 0 Å². The Balaban J connectivity index is 1.60. The zero-order valence-electron chi connectivity index (χ0n) is 14.8. The Kier molecular flexibility index (Phi) is 3.88. The molecule has 0 bridgehead atoms. The molecule has 1 aliphatic rings. The van der Waals surface area contributed by atoms with Crippen LogP contribution in [-0.4, -0.2) is 27.4 Å². The van der Waals surface area contributed by atoms with Crippen molar-refractivity contribution >= 4 is 17.8 Å². The van der Waals surface area contributed by atoms with Crippen molar-refractivity contribution in [1.82, 2.24) is 9.63 Å². The number of amides is 2. The van der Waals surface area contributed by atoms with Crippen molar-refractivity contribution in [2.45, 2.75) is 6.92 Å². The summed E-state index contributed by atoms with van der Waals surface area (Å²) in [4.78, 5) is 42.4. The van der Waals surface area contributed by atoms with Gasteiger partial charge in [0.25, 0.3) is 11.8 Å². The van der Waals surface area contributed by atoms with Gasteiger partial charge in [-0.25, -0.2) is 4.79 Å². The Hall–Kier alpha value is -3.67. The molecule has 2 amide bonds. The number of aromatic nitrogens is 1. The summed E-state index contributed by atoms with van der Waals surface area (Å²) in [5, 5.41) is 0.520. The number of hydroxylamine groups is 2. The largest absolute Gasteiger partial charge is 0.380 e. The van der Waals surface area contributed by atoms with Crippen LogP contribution in [0, 0.1) is 6.92 Å². The molecule has 2 aromatic carbocycles. The molecule has 6 nitrogen and oxygen atoms in total. The molecular weight excluding hydrogens is 344 g/mol. The van der Waals surface area contributed by atoms with E-state index in [1.54, 1.807) is 35.9 Å². The lowest BCUT2D eigenvalue weighted by Crippen LogP contribution is -2.33. The number of hydrogen-bond acceptors (Lipinski definition) is 4. The van der Waals surface area contributed by atoms with Crippen LogP contribution >= 0.6 is 0 Å². The van der Waals surface area contributed by atoms with Gasteiger partial charge in [0.2, 0.25) is 0 Å². The van der Waals surface area contributed by atoms with Crippen LogP contribution < -0.4 is 0 Å². The fourth-order valence-corrected chi connectivity index (χ4v) is 3.19. The van der Waals surface area contributed by atoms with Crippen molar-refractivity contribution in [2.75, 3.05) is 0 Å². The van der Waals surface area contributed by atoms with Gasteiger partial charge < -0.3 is 9.40 Å². The quantitative estimate of drug-likeness (QED) is 0.672. The number of rotatable bonds is 3. The van der Waals surface area contributed by atoms with Crippen molar-refractivity contribution in [3.05, 3.63) is 83.0 Å². The number of fused-ring (bicyclic) bond motifs is 1. The molecule has 0 spiro atoms. The lowest BCUT2D eigenvalue weighted by atomic mass is 10.1. The summed E-state index contributed by atoms with van der Waals surface area (Å²) in [6.45, 7) is 1.99. The molecule has 3 aromatic rings. The van der Waals surface area contributed by atoms with E-state index in [-0.39, 0.29) is 16.8 Å². The molecule has 0 fully saturated rings. The van der Waals surface area contributed by atoms with E-state index >= 15 is 0 Å². The molecule has 1 aromatic heterocycles. The molecule has 134 valence electrons. The van der Waals surface area contributed by atoms with Crippen molar-refractivity contribution < 1.29 is 19.2 Å². The Morgan fingerprint density at radius 1 is 0.889 bits per heavy atom. The van der Waals surface area contributed by atoms with E-state index in [0.717, 1.165) is 16.8 Å². The maximum absolute atomic E-state index is 12.6. The highest BCUT2D eigenvalue weighted by Gasteiger charge is 2.39. The van der Waals surface area contributed by atoms with Crippen LogP contribution in [-0.2, 0) is 11.9 Å². The fourth-order valence-electron chi connectivity index (χ4n) is 3.19. The highest BCUT2D eigenvalue weighted by molar-refractivity contribution is 6.21. The zero-order chi connectivity index (χ0) is 19.1. The van der Waals surface area contributed by atoms with E-state index in [9.17, 15) is 14.4 Å². The Bertz CT molecular complexity index is 1060. The van der Waals surface area contributed by atoms with Crippen LogP contribution in [0.2, 0.25) is 0 Å². The minimum Gasteiger partial charge on any atom is -0.338 e. The van der Waals surface area contributed by atoms with Gasteiger partial charge in [0.1, 0.15) is 5.69 Å². The molecule has 0 saturated carbocycles. The predicted octanol–water partition coefficient (Wildman–Crippen LogP) is 3.37. The third-order valence-corrected chi connectivity index (χ3v) is 4.58. The minimum atomic E-state index is -0.772. The Morgan fingerprint density at radius 2 is 1.56 bits per heavy atom. The molecule has 4 rings (SSSR count). The highest BCUT2D eigenvalue weighted by Crippen LogP contribution is 2.25. The molecule has 6 heteroatoms. The molecule has 0 saturated heterocycles. The Morgan fingerprint density at radius 3 is 2.19 bits per heavy atom. The van der Waals surface area contributed by atoms with Crippen LogP contribution in [0.5, 0.6) is 0 Å². The van der Waals surface area contributed by atoms with Gasteiger partial charge >= 0.3 is 5.97 Å². The van der Waals surface area contributed by atoms with Crippen molar-refractivity contribution in [3.63, 3.8) is 0 Å². The first-order valence-corrected chi connectivity index (χ1v) is 8.40. The number of benzene rings is 2. The summed E-state index contributed by atoms with van der Waals surface area (Å²) in [6.07, 6.45) is 0. The molecule has 0 atom stereocenters. The summed E-state index contributed by atoms with van der Waals surface area (Å²) in [5.74, 6) is -2.06. The number of carbonyl (C=O) groups is 3. The summed E-state index contributed by atoms with van der Waals surface area (Å²) >= 11 is 0. The molecular formula is C21H16N2O4. The van der Waals surface area contributed by atoms with Crippen LogP contribution in [0.15, 0.2) is 60.7 Å². The van der Waals surface area contributed by atoms with Crippen LogP contribution in [0.4, 0.5) is 0 Å². The van der Waals surface area contributed by atoms with Crippen molar-refractivity contribution in [2.24, 2.45) is 7.05 Å². The molecule has 27 heavy (non-hydrogen) atoms. The third kappa shape index (κ3) is 2.71. The van der Waals surface area contributed by atoms with Gasteiger partial charge in [-0.2, -0.15) is 0 Å². The van der Waals surface area contributed by atoms with Crippen LogP contribution in [0.1, 0.15) is 36.8 Å². The second-order valence-electron chi connectivity index (χ2n) is 6.36. The van der Waals surface area contributed by atoms with Gasteiger partial charge in [0, 0.05) is 12.7 Å². The molecule has 1 aliphatic heterocycles. The molecule has 2 heterocycles. The minimum absolute atomic E-state index is 0.225. The average molecular weight is 360 g/mol. The fraction of sp³-hybridized carbons (Fsp3) is 0.0952. The lowest BCUT2D eigenvalue weighted by Gasteiger charge is -2.13. The Labute approximate surface area is 155 Å².